The number of rotatable bonds is 7. The van der Waals surface area contributed by atoms with Crippen LogP contribution in [0.15, 0.2) is 24.8 Å². The number of hydrogen-bond acceptors (Lipinski definition) is 4. The molecule has 0 aromatic heterocycles. The van der Waals surface area contributed by atoms with Crippen molar-refractivity contribution in [1.82, 2.24) is 0 Å². The monoisotopic (exact) mass is 300 g/mol. The Hall–Kier alpha value is -0.913. The van der Waals surface area contributed by atoms with E-state index in [1.54, 1.807) is 13.0 Å². The van der Waals surface area contributed by atoms with Crippen LogP contribution in [0.4, 0.5) is 0 Å². The Morgan fingerprint density at radius 2 is 1.95 bits per heavy atom. The molecule has 0 radical (unpaired) electrons. The number of esters is 1. The average molecular weight is 300 g/mol. The molecule has 4 nitrogen and oxygen atoms in total. The van der Waals surface area contributed by atoms with Crippen molar-refractivity contribution >= 4 is 14.3 Å². The van der Waals surface area contributed by atoms with Gasteiger partial charge < -0.3 is 14.3 Å². The molecule has 0 unspecified atom stereocenters. The second-order valence-corrected chi connectivity index (χ2v) is 10.9. The molecule has 2 atom stereocenters. The molecule has 0 rings (SSSR count). The maximum atomic E-state index is 11.2. The number of carbonyl (C=O) groups is 1. The smallest absolute Gasteiger partial charge is 0.330 e. The van der Waals surface area contributed by atoms with Gasteiger partial charge in [0.1, 0.15) is 6.10 Å². The Morgan fingerprint density at radius 3 is 2.35 bits per heavy atom. The van der Waals surface area contributed by atoms with Gasteiger partial charge >= 0.3 is 5.97 Å². The van der Waals surface area contributed by atoms with Crippen LogP contribution >= 0.6 is 0 Å². The van der Waals surface area contributed by atoms with Gasteiger partial charge in [0.2, 0.25) is 0 Å². The first kappa shape index (κ1) is 19.1. The summed E-state index contributed by atoms with van der Waals surface area (Å²) in [6.45, 7) is 16.3. The lowest BCUT2D eigenvalue weighted by atomic mass is 10.2. The third-order valence-corrected chi connectivity index (χ3v) is 8.00. The van der Waals surface area contributed by atoms with Crippen LogP contribution < -0.4 is 0 Å². The lowest BCUT2D eigenvalue weighted by Crippen LogP contribution is -2.46. The van der Waals surface area contributed by atoms with E-state index in [0.29, 0.717) is 6.61 Å². The first-order valence-corrected chi connectivity index (χ1v) is 9.79. The van der Waals surface area contributed by atoms with Gasteiger partial charge in [-0.25, -0.2) is 4.79 Å². The fourth-order valence-corrected chi connectivity index (χ4v) is 2.52. The summed E-state index contributed by atoms with van der Waals surface area (Å²) in [5, 5.41) is 10.1. The van der Waals surface area contributed by atoms with E-state index in [2.05, 4.69) is 40.4 Å². The number of carbonyl (C=O) groups excluding carboxylic acids is 1. The van der Waals surface area contributed by atoms with Crippen LogP contribution in [0.3, 0.4) is 0 Å². The molecule has 0 aliphatic heterocycles. The second-order valence-electron chi connectivity index (χ2n) is 6.18. The zero-order valence-electron chi connectivity index (χ0n) is 13.5. The third-order valence-electron chi connectivity index (χ3n) is 3.52. The molecular weight excluding hydrogens is 272 g/mol. The SMILES string of the molecule is C=C[C@H](O[Si](C)(C)C(C)(C)C)[C@@H](O)/C=C/C(=O)OCC. The highest BCUT2D eigenvalue weighted by Gasteiger charge is 2.39. The predicted octanol–water partition coefficient (Wildman–Crippen LogP) is 3.04. The van der Waals surface area contributed by atoms with Crippen molar-refractivity contribution in [2.45, 2.75) is 58.0 Å². The molecule has 0 heterocycles. The minimum atomic E-state index is -2.00. The quantitative estimate of drug-likeness (QED) is 0.340. The standard InChI is InChI=1S/C15H28O4Si/c1-8-13(19-20(6,7)15(3,4)5)12(16)10-11-14(17)18-9-2/h8,10-13,16H,1,9H2,2-7H3/b11-10+/t12-,13-/m0/s1. The zero-order valence-corrected chi connectivity index (χ0v) is 14.5. The molecule has 116 valence electrons. The highest BCUT2D eigenvalue weighted by molar-refractivity contribution is 6.74. The van der Waals surface area contributed by atoms with Crippen LogP contribution in [0.1, 0.15) is 27.7 Å². The molecule has 1 N–H and O–H groups in total. The maximum absolute atomic E-state index is 11.2. The highest BCUT2D eigenvalue weighted by Crippen LogP contribution is 2.37. The van der Waals surface area contributed by atoms with Crippen molar-refractivity contribution < 1.29 is 19.1 Å². The lowest BCUT2D eigenvalue weighted by Gasteiger charge is -2.39. The lowest BCUT2D eigenvalue weighted by molar-refractivity contribution is -0.137. The van der Waals surface area contributed by atoms with Crippen LogP contribution in [0, 0.1) is 0 Å². The van der Waals surface area contributed by atoms with Crippen molar-refractivity contribution in [3.05, 3.63) is 24.8 Å². The van der Waals surface area contributed by atoms with Gasteiger partial charge in [-0.05, 0) is 31.1 Å². The second kappa shape index (κ2) is 7.76. The van der Waals surface area contributed by atoms with E-state index in [1.807, 2.05) is 0 Å². The summed E-state index contributed by atoms with van der Waals surface area (Å²) in [4.78, 5) is 11.2. The highest BCUT2D eigenvalue weighted by atomic mass is 28.4. The molecule has 20 heavy (non-hydrogen) atoms. The number of aliphatic hydroxyl groups is 1. The van der Waals surface area contributed by atoms with E-state index in [9.17, 15) is 9.90 Å². The van der Waals surface area contributed by atoms with Crippen molar-refractivity contribution in [1.29, 1.82) is 0 Å². The summed E-state index contributed by atoms with van der Waals surface area (Å²) in [5.41, 5.74) is 0. The Kier molecular flexibility index (Phi) is 7.41. The van der Waals surface area contributed by atoms with Crippen molar-refractivity contribution in [2.24, 2.45) is 0 Å². The third kappa shape index (κ3) is 6.03. The summed E-state index contributed by atoms with van der Waals surface area (Å²) < 4.78 is 10.8. The molecule has 0 fully saturated rings. The first-order valence-electron chi connectivity index (χ1n) is 6.88. The minimum absolute atomic E-state index is 0.0405. The molecular formula is C15H28O4Si. The Labute approximate surface area is 123 Å². The number of hydrogen-bond donors (Lipinski definition) is 1. The van der Waals surface area contributed by atoms with Gasteiger partial charge in [-0.1, -0.05) is 26.8 Å². The van der Waals surface area contributed by atoms with Gasteiger partial charge in [-0.15, -0.1) is 6.58 Å². The fourth-order valence-electron chi connectivity index (χ4n) is 1.25. The van der Waals surface area contributed by atoms with E-state index in [-0.39, 0.29) is 5.04 Å². The molecule has 0 aromatic rings. The summed E-state index contributed by atoms with van der Waals surface area (Å²) >= 11 is 0. The zero-order chi connectivity index (χ0) is 16.0. The first-order chi connectivity index (χ1) is 9.05. The van der Waals surface area contributed by atoms with Crippen molar-refractivity contribution in [2.75, 3.05) is 6.61 Å². The normalized spacial score (nSPS) is 15.9. The maximum Gasteiger partial charge on any atom is 0.330 e. The topological polar surface area (TPSA) is 55.8 Å². The van der Waals surface area contributed by atoms with E-state index in [1.165, 1.54) is 12.2 Å². The van der Waals surface area contributed by atoms with Crippen LogP contribution in [-0.2, 0) is 14.0 Å². The molecule has 0 aliphatic carbocycles. The molecule has 0 aliphatic rings. The van der Waals surface area contributed by atoms with Gasteiger partial charge in [0.25, 0.3) is 0 Å². The van der Waals surface area contributed by atoms with Gasteiger partial charge in [-0.3, -0.25) is 0 Å². The van der Waals surface area contributed by atoms with Gasteiger partial charge in [0.15, 0.2) is 8.32 Å². The summed E-state index contributed by atoms with van der Waals surface area (Å²) in [6, 6.07) is 0. The summed E-state index contributed by atoms with van der Waals surface area (Å²) in [5.74, 6) is -0.471. The molecule has 0 saturated carbocycles. The van der Waals surface area contributed by atoms with E-state index in [0.717, 1.165) is 0 Å². The summed E-state index contributed by atoms with van der Waals surface area (Å²) in [7, 11) is -2.00. The van der Waals surface area contributed by atoms with Gasteiger partial charge in [-0.2, -0.15) is 0 Å². The predicted molar refractivity (Wildman–Crippen MR) is 84.0 cm³/mol. The van der Waals surface area contributed by atoms with Crippen LogP contribution in [0.2, 0.25) is 18.1 Å². The van der Waals surface area contributed by atoms with Crippen molar-refractivity contribution in [3.63, 3.8) is 0 Å². The molecule has 0 amide bonds. The minimum Gasteiger partial charge on any atom is -0.463 e. The Balaban J connectivity index is 4.77. The molecule has 0 bridgehead atoms. The molecule has 0 aromatic carbocycles. The van der Waals surface area contributed by atoms with Crippen molar-refractivity contribution in [3.8, 4) is 0 Å². The van der Waals surface area contributed by atoms with Crippen LogP contribution in [0.5, 0.6) is 0 Å². The van der Waals surface area contributed by atoms with E-state index >= 15 is 0 Å². The molecule has 0 saturated heterocycles. The van der Waals surface area contributed by atoms with Crippen LogP contribution in [-0.4, -0.2) is 38.2 Å². The van der Waals surface area contributed by atoms with E-state index < -0.39 is 26.5 Å². The number of ether oxygens (including phenoxy) is 1. The van der Waals surface area contributed by atoms with Gasteiger partial charge in [0, 0.05) is 6.08 Å². The van der Waals surface area contributed by atoms with E-state index in [4.69, 9.17) is 9.16 Å². The largest absolute Gasteiger partial charge is 0.463 e. The average Bonchev–Trinajstić information content (AvgIpc) is 2.32. The Morgan fingerprint density at radius 1 is 1.40 bits per heavy atom. The molecule has 5 heteroatoms. The van der Waals surface area contributed by atoms with Gasteiger partial charge in [0.05, 0.1) is 12.7 Å². The molecule has 0 spiro atoms. The summed E-state index contributed by atoms with van der Waals surface area (Å²) in [6.07, 6.45) is 2.74. The number of aliphatic hydroxyl groups excluding tert-OH is 1. The van der Waals surface area contributed by atoms with Crippen LogP contribution in [0.25, 0.3) is 0 Å². The Bertz CT molecular complexity index is 355. The fraction of sp³-hybridized carbons (Fsp3) is 0.667.